The molecule has 0 bridgehead atoms. The lowest BCUT2D eigenvalue weighted by Gasteiger charge is -1.93. The van der Waals surface area contributed by atoms with Gasteiger partial charge in [-0.05, 0) is 6.92 Å². The van der Waals surface area contributed by atoms with Gasteiger partial charge in [-0.2, -0.15) is 0 Å². The molecule has 0 aromatic heterocycles. The van der Waals surface area contributed by atoms with Crippen LogP contribution in [0.4, 0.5) is 0 Å². The SMILES string of the molecule is CC1CC(=S)CO1. The number of ether oxygens (including phenoxy) is 1. The van der Waals surface area contributed by atoms with E-state index in [1.54, 1.807) is 0 Å². The molecule has 1 nitrogen and oxygen atoms in total. The molecule has 0 N–H and O–H groups in total. The normalized spacial score (nSPS) is 31.6. The first-order chi connectivity index (χ1) is 3.29. The topological polar surface area (TPSA) is 9.23 Å². The molecular weight excluding hydrogens is 108 g/mol. The zero-order valence-electron chi connectivity index (χ0n) is 4.31. The van der Waals surface area contributed by atoms with Crippen LogP contribution in [0.1, 0.15) is 13.3 Å². The summed E-state index contributed by atoms with van der Waals surface area (Å²) in [4.78, 5) is 1.06. The number of hydrogen-bond donors (Lipinski definition) is 0. The van der Waals surface area contributed by atoms with E-state index in [0.29, 0.717) is 12.7 Å². The minimum atomic E-state index is 0.382. The highest BCUT2D eigenvalue weighted by Crippen LogP contribution is 2.08. The van der Waals surface area contributed by atoms with Crippen molar-refractivity contribution in [3.8, 4) is 0 Å². The first-order valence-corrected chi connectivity index (χ1v) is 2.83. The molecule has 1 fully saturated rings. The Labute approximate surface area is 48.7 Å². The van der Waals surface area contributed by atoms with Crippen molar-refractivity contribution in [2.24, 2.45) is 0 Å². The maximum Gasteiger partial charge on any atom is 0.0784 e. The van der Waals surface area contributed by atoms with Crippen molar-refractivity contribution in [2.45, 2.75) is 19.4 Å². The molecule has 0 saturated carbocycles. The molecule has 0 amide bonds. The minimum absolute atomic E-state index is 0.382. The van der Waals surface area contributed by atoms with E-state index in [2.05, 4.69) is 0 Å². The largest absolute Gasteiger partial charge is 0.373 e. The molecule has 0 aromatic carbocycles. The van der Waals surface area contributed by atoms with E-state index in [4.69, 9.17) is 17.0 Å². The molecule has 1 atom stereocenters. The number of hydrogen-bond acceptors (Lipinski definition) is 2. The summed E-state index contributed by atoms with van der Waals surface area (Å²) in [5, 5.41) is 0. The van der Waals surface area contributed by atoms with Gasteiger partial charge in [-0.25, -0.2) is 0 Å². The van der Waals surface area contributed by atoms with Crippen molar-refractivity contribution < 1.29 is 4.74 Å². The first-order valence-electron chi connectivity index (χ1n) is 2.42. The lowest BCUT2D eigenvalue weighted by atomic mass is 10.3. The van der Waals surface area contributed by atoms with Gasteiger partial charge in [0.2, 0.25) is 0 Å². The van der Waals surface area contributed by atoms with Crippen LogP contribution in [0.2, 0.25) is 0 Å². The average Bonchev–Trinajstić information content (AvgIpc) is 1.87. The predicted molar refractivity (Wildman–Crippen MR) is 32.6 cm³/mol. The molecule has 1 aliphatic rings. The van der Waals surface area contributed by atoms with Crippen LogP contribution in [0.5, 0.6) is 0 Å². The molecule has 0 spiro atoms. The van der Waals surface area contributed by atoms with Crippen LogP contribution in [-0.4, -0.2) is 17.6 Å². The molecule has 2 heteroatoms. The van der Waals surface area contributed by atoms with Gasteiger partial charge >= 0.3 is 0 Å². The molecule has 1 unspecified atom stereocenters. The Hall–Kier alpha value is 0.0500. The predicted octanol–water partition coefficient (Wildman–Crippen LogP) is 1.17. The number of rotatable bonds is 0. The highest BCUT2D eigenvalue weighted by molar-refractivity contribution is 7.80. The van der Waals surface area contributed by atoms with E-state index in [1.165, 1.54) is 0 Å². The van der Waals surface area contributed by atoms with E-state index >= 15 is 0 Å². The smallest absolute Gasteiger partial charge is 0.0784 e. The van der Waals surface area contributed by atoms with Crippen molar-refractivity contribution in [2.75, 3.05) is 6.61 Å². The zero-order valence-corrected chi connectivity index (χ0v) is 5.12. The van der Waals surface area contributed by atoms with Gasteiger partial charge in [0.15, 0.2) is 0 Å². The van der Waals surface area contributed by atoms with Gasteiger partial charge in [0.25, 0.3) is 0 Å². The van der Waals surface area contributed by atoms with E-state index in [9.17, 15) is 0 Å². The van der Waals surface area contributed by atoms with Crippen LogP contribution in [0.3, 0.4) is 0 Å². The molecule has 7 heavy (non-hydrogen) atoms. The molecule has 0 radical (unpaired) electrons. The van der Waals surface area contributed by atoms with Gasteiger partial charge in [0.1, 0.15) is 0 Å². The van der Waals surface area contributed by atoms with Crippen molar-refractivity contribution >= 4 is 17.1 Å². The Morgan fingerprint density at radius 3 is 2.71 bits per heavy atom. The summed E-state index contributed by atoms with van der Waals surface area (Å²) in [5.41, 5.74) is 0. The highest BCUT2D eigenvalue weighted by atomic mass is 32.1. The molecule has 1 rings (SSSR count). The summed E-state index contributed by atoms with van der Waals surface area (Å²) in [5.74, 6) is 0. The van der Waals surface area contributed by atoms with E-state index < -0.39 is 0 Å². The van der Waals surface area contributed by atoms with Crippen molar-refractivity contribution in [1.29, 1.82) is 0 Å². The Bertz CT molecular complexity index is 90.1. The van der Waals surface area contributed by atoms with E-state index in [1.807, 2.05) is 6.92 Å². The van der Waals surface area contributed by atoms with Gasteiger partial charge in [0, 0.05) is 11.3 Å². The molecule has 0 aromatic rings. The first kappa shape index (κ1) is 5.19. The average molecular weight is 116 g/mol. The third-order valence-electron chi connectivity index (χ3n) is 1.04. The van der Waals surface area contributed by atoms with Crippen LogP contribution < -0.4 is 0 Å². The molecule has 0 aliphatic carbocycles. The lowest BCUT2D eigenvalue weighted by molar-refractivity contribution is 0.131. The maximum atomic E-state index is 5.12. The van der Waals surface area contributed by atoms with Crippen LogP contribution in [0.25, 0.3) is 0 Å². The molecule has 1 aliphatic heterocycles. The summed E-state index contributed by atoms with van der Waals surface area (Å²) < 4.78 is 5.12. The third-order valence-corrected chi connectivity index (χ3v) is 1.33. The van der Waals surface area contributed by atoms with Crippen LogP contribution in [-0.2, 0) is 4.74 Å². The van der Waals surface area contributed by atoms with Crippen LogP contribution in [0.15, 0.2) is 0 Å². The monoisotopic (exact) mass is 116 g/mol. The van der Waals surface area contributed by atoms with E-state index in [-0.39, 0.29) is 0 Å². The summed E-state index contributed by atoms with van der Waals surface area (Å²) in [6, 6.07) is 0. The van der Waals surface area contributed by atoms with Crippen molar-refractivity contribution in [3.05, 3.63) is 0 Å². The van der Waals surface area contributed by atoms with Gasteiger partial charge in [-0.1, -0.05) is 12.2 Å². The quantitative estimate of drug-likeness (QED) is 0.439. The molecule has 40 valence electrons. The van der Waals surface area contributed by atoms with Gasteiger partial charge in [-0.3, -0.25) is 0 Å². The fraction of sp³-hybridized carbons (Fsp3) is 0.800. The van der Waals surface area contributed by atoms with Gasteiger partial charge < -0.3 is 4.74 Å². The fourth-order valence-corrected chi connectivity index (χ4v) is 0.976. The number of thiocarbonyl (C=S) groups is 1. The Morgan fingerprint density at radius 1 is 1.86 bits per heavy atom. The van der Waals surface area contributed by atoms with Crippen LogP contribution >= 0.6 is 12.2 Å². The Kier molecular flexibility index (Phi) is 1.40. The molecular formula is C5H8OS. The second kappa shape index (κ2) is 1.88. The summed E-state index contributed by atoms with van der Waals surface area (Å²) in [7, 11) is 0. The lowest BCUT2D eigenvalue weighted by Crippen LogP contribution is -1.94. The Balaban J connectivity index is 2.40. The van der Waals surface area contributed by atoms with Crippen LogP contribution in [0, 0.1) is 0 Å². The van der Waals surface area contributed by atoms with Gasteiger partial charge in [0.05, 0.1) is 12.7 Å². The maximum absolute atomic E-state index is 5.12. The highest BCUT2D eigenvalue weighted by Gasteiger charge is 2.13. The second-order valence-corrected chi connectivity index (χ2v) is 2.44. The second-order valence-electron chi connectivity index (χ2n) is 1.86. The summed E-state index contributed by atoms with van der Waals surface area (Å²) in [6.07, 6.45) is 1.36. The molecule has 1 saturated heterocycles. The molecule has 1 heterocycles. The fourth-order valence-electron chi connectivity index (χ4n) is 0.674. The third kappa shape index (κ3) is 1.21. The van der Waals surface area contributed by atoms with Gasteiger partial charge in [-0.15, -0.1) is 0 Å². The van der Waals surface area contributed by atoms with Crippen molar-refractivity contribution in [3.63, 3.8) is 0 Å². The summed E-state index contributed by atoms with van der Waals surface area (Å²) >= 11 is 4.87. The summed E-state index contributed by atoms with van der Waals surface area (Å²) in [6.45, 7) is 2.75. The van der Waals surface area contributed by atoms with E-state index in [0.717, 1.165) is 11.3 Å². The minimum Gasteiger partial charge on any atom is -0.373 e. The zero-order chi connectivity index (χ0) is 5.28. The Morgan fingerprint density at radius 2 is 2.57 bits per heavy atom. The standard InChI is InChI=1S/C5H8OS/c1-4-2-5(7)3-6-4/h4H,2-3H2,1H3. The van der Waals surface area contributed by atoms with Crippen molar-refractivity contribution in [1.82, 2.24) is 0 Å².